The van der Waals surface area contributed by atoms with E-state index in [1.807, 2.05) is 0 Å². The molecule has 0 heterocycles. The van der Waals surface area contributed by atoms with Crippen LogP contribution in [0.1, 0.15) is 6.92 Å². The standard InChI is InChI=1S/C11H12BrFN2O3/c1-2-18-11(17)9(14)10(16)15-6-3-4-7(12)8(13)5-6/h3-5,9H,2,14H2,1H3,(H,15,16). The summed E-state index contributed by atoms with van der Waals surface area (Å²) in [5.41, 5.74) is 5.58. The first-order chi connectivity index (χ1) is 8.45. The second-order valence-corrected chi connectivity index (χ2v) is 4.20. The zero-order valence-electron chi connectivity index (χ0n) is 9.57. The smallest absolute Gasteiger partial charge is 0.332 e. The van der Waals surface area contributed by atoms with E-state index >= 15 is 0 Å². The number of rotatable bonds is 4. The maximum absolute atomic E-state index is 13.2. The molecule has 7 heteroatoms. The SMILES string of the molecule is CCOC(=O)C(N)C(=O)Nc1ccc(Br)c(F)c1. The molecule has 0 bridgehead atoms. The number of nitrogens with two attached hydrogens (primary N) is 1. The van der Waals surface area contributed by atoms with E-state index in [-0.39, 0.29) is 16.8 Å². The molecule has 0 fully saturated rings. The van der Waals surface area contributed by atoms with Gasteiger partial charge in [-0.1, -0.05) is 0 Å². The molecule has 1 aromatic rings. The minimum absolute atomic E-state index is 0.132. The van der Waals surface area contributed by atoms with Crippen LogP contribution in [0.25, 0.3) is 0 Å². The summed E-state index contributed by atoms with van der Waals surface area (Å²) >= 11 is 2.98. The number of hydrogen-bond donors (Lipinski definition) is 2. The summed E-state index contributed by atoms with van der Waals surface area (Å²) in [4.78, 5) is 22.8. The van der Waals surface area contributed by atoms with Gasteiger partial charge >= 0.3 is 5.97 Å². The Labute approximate surface area is 112 Å². The largest absolute Gasteiger partial charge is 0.464 e. The number of anilines is 1. The Morgan fingerprint density at radius 3 is 2.78 bits per heavy atom. The Hall–Kier alpha value is -1.47. The van der Waals surface area contributed by atoms with Crippen molar-refractivity contribution in [2.45, 2.75) is 13.0 Å². The Kier molecular flexibility index (Phi) is 5.24. The Bertz CT molecular complexity index is 468. The summed E-state index contributed by atoms with van der Waals surface area (Å²) in [6, 6.07) is 2.58. The van der Waals surface area contributed by atoms with Crippen molar-refractivity contribution in [1.29, 1.82) is 0 Å². The summed E-state index contributed by atoms with van der Waals surface area (Å²) in [7, 11) is 0. The van der Waals surface area contributed by atoms with Crippen molar-refractivity contribution in [2.24, 2.45) is 5.73 Å². The highest BCUT2D eigenvalue weighted by molar-refractivity contribution is 9.10. The number of carbonyl (C=O) groups is 2. The van der Waals surface area contributed by atoms with Gasteiger partial charge in [0.05, 0.1) is 11.1 Å². The summed E-state index contributed by atoms with van der Waals surface area (Å²) in [6.07, 6.45) is 0. The zero-order valence-corrected chi connectivity index (χ0v) is 11.2. The van der Waals surface area contributed by atoms with Crippen LogP contribution in [0.3, 0.4) is 0 Å². The molecule has 3 N–H and O–H groups in total. The van der Waals surface area contributed by atoms with Crippen molar-refractivity contribution in [3.8, 4) is 0 Å². The molecule has 5 nitrogen and oxygen atoms in total. The summed E-state index contributed by atoms with van der Waals surface area (Å²) in [6.45, 7) is 1.74. The van der Waals surface area contributed by atoms with E-state index in [0.29, 0.717) is 0 Å². The van der Waals surface area contributed by atoms with Gasteiger partial charge in [0, 0.05) is 5.69 Å². The highest BCUT2D eigenvalue weighted by Crippen LogP contribution is 2.19. The highest BCUT2D eigenvalue weighted by atomic mass is 79.9. The third kappa shape index (κ3) is 3.78. The van der Waals surface area contributed by atoms with Crippen molar-refractivity contribution in [2.75, 3.05) is 11.9 Å². The van der Waals surface area contributed by atoms with Crippen LogP contribution < -0.4 is 11.1 Å². The lowest BCUT2D eigenvalue weighted by molar-refractivity contribution is -0.146. The first-order valence-electron chi connectivity index (χ1n) is 5.13. The lowest BCUT2D eigenvalue weighted by atomic mass is 10.2. The predicted molar refractivity (Wildman–Crippen MR) is 67.3 cm³/mol. The van der Waals surface area contributed by atoms with E-state index in [1.165, 1.54) is 12.1 Å². The van der Waals surface area contributed by atoms with Crippen LogP contribution in [0.5, 0.6) is 0 Å². The Morgan fingerprint density at radius 2 is 2.22 bits per heavy atom. The van der Waals surface area contributed by atoms with Gasteiger partial charge in [-0.05, 0) is 41.1 Å². The van der Waals surface area contributed by atoms with Crippen LogP contribution in [-0.2, 0) is 14.3 Å². The minimum Gasteiger partial charge on any atom is -0.464 e. The lowest BCUT2D eigenvalue weighted by Gasteiger charge is -2.11. The number of benzene rings is 1. The molecule has 0 saturated heterocycles. The molecule has 0 aliphatic heterocycles. The maximum Gasteiger partial charge on any atom is 0.332 e. The Morgan fingerprint density at radius 1 is 1.56 bits per heavy atom. The quantitative estimate of drug-likeness (QED) is 0.649. The highest BCUT2D eigenvalue weighted by Gasteiger charge is 2.23. The van der Waals surface area contributed by atoms with E-state index in [9.17, 15) is 14.0 Å². The average Bonchev–Trinajstić information content (AvgIpc) is 2.33. The van der Waals surface area contributed by atoms with Gasteiger partial charge in [-0.25, -0.2) is 9.18 Å². The lowest BCUT2D eigenvalue weighted by Crippen LogP contribution is -2.43. The first-order valence-corrected chi connectivity index (χ1v) is 5.93. The van der Waals surface area contributed by atoms with Crippen LogP contribution in [0.2, 0.25) is 0 Å². The van der Waals surface area contributed by atoms with Gasteiger partial charge < -0.3 is 15.8 Å². The van der Waals surface area contributed by atoms with E-state index < -0.39 is 23.7 Å². The molecule has 18 heavy (non-hydrogen) atoms. The van der Waals surface area contributed by atoms with Gasteiger partial charge in [-0.3, -0.25) is 4.79 Å². The summed E-state index contributed by atoms with van der Waals surface area (Å²) < 4.78 is 18.1. The fraction of sp³-hybridized carbons (Fsp3) is 0.273. The van der Waals surface area contributed by atoms with Crippen LogP contribution in [0.4, 0.5) is 10.1 Å². The number of carbonyl (C=O) groups excluding carboxylic acids is 2. The van der Waals surface area contributed by atoms with Gasteiger partial charge in [0.15, 0.2) is 6.04 Å². The number of esters is 1. The van der Waals surface area contributed by atoms with Gasteiger partial charge in [0.1, 0.15) is 5.82 Å². The fourth-order valence-electron chi connectivity index (χ4n) is 1.13. The molecule has 0 spiro atoms. The van der Waals surface area contributed by atoms with E-state index in [1.54, 1.807) is 6.92 Å². The van der Waals surface area contributed by atoms with Gasteiger partial charge in [-0.2, -0.15) is 0 Å². The molecule has 0 aliphatic rings. The summed E-state index contributed by atoms with van der Waals surface area (Å²) in [5.74, 6) is -2.11. The average molecular weight is 319 g/mol. The first kappa shape index (κ1) is 14.6. The molecular weight excluding hydrogens is 307 g/mol. The van der Waals surface area contributed by atoms with E-state index in [4.69, 9.17) is 5.73 Å². The monoisotopic (exact) mass is 318 g/mol. The van der Waals surface area contributed by atoms with Crippen molar-refractivity contribution in [3.63, 3.8) is 0 Å². The number of halogens is 2. The van der Waals surface area contributed by atoms with Crippen LogP contribution in [-0.4, -0.2) is 24.5 Å². The number of amides is 1. The zero-order chi connectivity index (χ0) is 13.7. The molecule has 1 atom stereocenters. The summed E-state index contributed by atoms with van der Waals surface area (Å²) in [5, 5.41) is 2.32. The molecule has 1 aromatic carbocycles. The Balaban J connectivity index is 2.69. The molecule has 1 rings (SSSR count). The van der Waals surface area contributed by atoms with Crippen molar-refractivity contribution in [1.82, 2.24) is 0 Å². The number of ether oxygens (including phenoxy) is 1. The molecule has 98 valence electrons. The van der Waals surface area contributed by atoms with Crippen LogP contribution in [0.15, 0.2) is 22.7 Å². The molecule has 0 aromatic heterocycles. The van der Waals surface area contributed by atoms with E-state index in [0.717, 1.165) is 6.07 Å². The number of nitrogens with one attached hydrogen (secondary N) is 1. The van der Waals surface area contributed by atoms with Crippen molar-refractivity contribution in [3.05, 3.63) is 28.5 Å². The second-order valence-electron chi connectivity index (χ2n) is 3.35. The second kappa shape index (κ2) is 6.46. The third-order valence-electron chi connectivity index (χ3n) is 2.01. The maximum atomic E-state index is 13.2. The molecular formula is C11H12BrFN2O3. The molecule has 0 radical (unpaired) electrons. The van der Waals surface area contributed by atoms with Gasteiger partial charge in [0.25, 0.3) is 5.91 Å². The molecule has 0 saturated carbocycles. The van der Waals surface area contributed by atoms with E-state index in [2.05, 4.69) is 26.0 Å². The normalized spacial score (nSPS) is 11.8. The van der Waals surface area contributed by atoms with Gasteiger partial charge in [-0.15, -0.1) is 0 Å². The van der Waals surface area contributed by atoms with Gasteiger partial charge in [0.2, 0.25) is 0 Å². The van der Waals surface area contributed by atoms with Crippen molar-refractivity contribution >= 4 is 33.5 Å². The fourth-order valence-corrected chi connectivity index (χ4v) is 1.38. The number of hydrogen-bond acceptors (Lipinski definition) is 4. The van der Waals surface area contributed by atoms with Crippen LogP contribution in [0, 0.1) is 5.82 Å². The van der Waals surface area contributed by atoms with Crippen LogP contribution >= 0.6 is 15.9 Å². The minimum atomic E-state index is -1.43. The molecule has 0 aliphatic carbocycles. The molecule has 1 unspecified atom stereocenters. The predicted octanol–water partition coefficient (Wildman–Crippen LogP) is 1.42. The topological polar surface area (TPSA) is 81.4 Å². The third-order valence-corrected chi connectivity index (χ3v) is 2.65. The van der Waals surface area contributed by atoms with Crippen molar-refractivity contribution < 1.29 is 18.7 Å². The molecule has 1 amide bonds.